The molecule has 1 aromatic carbocycles. The van der Waals surface area contributed by atoms with Crippen molar-refractivity contribution in [3.8, 4) is 6.07 Å². The van der Waals surface area contributed by atoms with E-state index in [1.165, 1.54) is 0 Å². The third kappa shape index (κ3) is 7.66. The van der Waals surface area contributed by atoms with Crippen molar-refractivity contribution in [2.75, 3.05) is 33.7 Å². The molecule has 0 atom stereocenters. The zero-order valence-electron chi connectivity index (χ0n) is 14.7. The average Bonchev–Trinajstić information content (AvgIpc) is 2.51. The topological polar surface area (TPSA) is 59.4 Å². The zero-order valence-corrected chi connectivity index (χ0v) is 14.7. The van der Waals surface area contributed by atoms with Gasteiger partial charge in [-0.2, -0.15) is 5.26 Å². The highest BCUT2D eigenvalue weighted by atomic mass is 16.2. The Hall–Kier alpha value is -2.06. The van der Waals surface area contributed by atoms with Crippen LogP contribution >= 0.6 is 0 Å². The van der Waals surface area contributed by atoms with E-state index in [9.17, 15) is 4.79 Å². The summed E-state index contributed by atoms with van der Waals surface area (Å²) in [7, 11) is 3.99. The van der Waals surface area contributed by atoms with Crippen LogP contribution in [0.4, 0.5) is 4.79 Å². The predicted molar refractivity (Wildman–Crippen MR) is 93.0 cm³/mol. The molecule has 0 aliphatic rings. The van der Waals surface area contributed by atoms with Crippen molar-refractivity contribution < 1.29 is 4.79 Å². The first-order valence-electron chi connectivity index (χ1n) is 8.09. The van der Waals surface area contributed by atoms with Crippen molar-refractivity contribution >= 4 is 6.03 Å². The van der Waals surface area contributed by atoms with Gasteiger partial charge in [0.05, 0.1) is 11.6 Å². The van der Waals surface area contributed by atoms with Gasteiger partial charge >= 0.3 is 6.03 Å². The fourth-order valence-corrected chi connectivity index (χ4v) is 2.06. The molecule has 0 saturated heterocycles. The lowest BCUT2D eigenvalue weighted by Crippen LogP contribution is -2.43. The van der Waals surface area contributed by atoms with Crippen molar-refractivity contribution in [3.63, 3.8) is 0 Å². The molecule has 0 aliphatic heterocycles. The Labute approximate surface area is 139 Å². The van der Waals surface area contributed by atoms with Gasteiger partial charge in [0.25, 0.3) is 0 Å². The number of carbonyl (C=O) groups is 1. The Bertz CT molecular complexity index is 517. The monoisotopic (exact) mass is 316 g/mol. The summed E-state index contributed by atoms with van der Waals surface area (Å²) in [6.45, 7) is 7.02. The number of hydrogen-bond donors (Lipinski definition) is 1. The molecule has 0 heterocycles. The van der Waals surface area contributed by atoms with Gasteiger partial charge in [0.1, 0.15) is 0 Å². The lowest BCUT2D eigenvalue weighted by atomic mass is 10.1. The predicted octanol–water partition coefficient (Wildman–Crippen LogP) is 2.68. The summed E-state index contributed by atoms with van der Waals surface area (Å²) in [5.41, 5.74) is 1.66. The van der Waals surface area contributed by atoms with Gasteiger partial charge in [-0.1, -0.05) is 26.0 Å². The fraction of sp³-hybridized carbons (Fsp3) is 0.556. The number of urea groups is 1. The molecule has 2 amide bonds. The molecule has 126 valence electrons. The van der Waals surface area contributed by atoms with E-state index < -0.39 is 0 Å². The maximum Gasteiger partial charge on any atom is 0.317 e. The summed E-state index contributed by atoms with van der Waals surface area (Å²) < 4.78 is 0. The van der Waals surface area contributed by atoms with E-state index in [4.69, 9.17) is 5.26 Å². The SMILES string of the molecule is CC(C)CCNC(=O)N(CCN(C)C)Cc1ccc(C#N)cc1. The second kappa shape index (κ2) is 9.86. The number of nitrogens with one attached hydrogen (secondary N) is 1. The summed E-state index contributed by atoms with van der Waals surface area (Å²) >= 11 is 0. The Kier molecular flexibility index (Phi) is 8.14. The van der Waals surface area contributed by atoms with Crippen LogP contribution in [0.2, 0.25) is 0 Å². The van der Waals surface area contributed by atoms with E-state index in [-0.39, 0.29) is 6.03 Å². The second-order valence-electron chi connectivity index (χ2n) is 6.45. The van der Waals surface area contributed by atoms with Crippen molar-refractivity contribution in [2.24, 2.45) is 5.92 Å². The Morgan fingerprint density at radius 2 is 1.87 bits per heavy atom. The number of amides is 2. The van der Waals surface area contributed by atoms with Gasteiger partial charge in [-0.3, -0.25) is 0 Å². The molecule has 1 aromatic rings. The van der Waals surface area contributed by atoms with E-state index in [1.54, 1.807) is 12.1 Å². The van der Waals surface area contributed by atoms with E-state index in [0.29, 0.717) is 31.1 Å². The van der Waals surface area contributed by atoms with Gasteiger partial charge in [0.2, 0.25) is 0 Å². The van der Waals surface area contributed by atoms with Crippen LogP contribution in [0, 0.1) is 17.2 Å². The molecule has 0 radical (unpaired) electrons. The van der Waals surface area contributed by atoms with Gasteiger partial charge in [0, 0.05) is 26.2 Å². The summed E-state index contributed by atoms with van der Waals surface area (Å²) in [6, 6.07) is 9.46. The number of likely N-dealkylation sites (N-methyl/N-ethyl adjacent to an activating group) is 1. The molecule has 23 heavy (non-hydrogen) atoms. The Morgan fingerprint density at radius 1 is 1.22 bits per heavy atom. The smallest absolute Gasteiger partial charge is 0.317 e. The summed E-state index contributed by atoms with van der Waals surface area (Å²) in [6.07, 6.45) is 0.976. The molecular formula is C18H28N4O. The highest BCUT2D eigenvalue weighted by molar-refractivity contribution is 5.74. The first-order valence-corrected chi connectivity index (χ1v) is 8.09. The lowest BCUT2D eigenvalue weighted by molar-refractivity contribution is 0.188. The molecule has 0 fully saturated rings. The van der Waals surface area contributed by atoms with Crippen LogP contribution in [-0.4, -0.2) is 49.6 Å². The van der Waals surface area contributed by atoms with Crippen LogP contribution in [0.25, 0.3) is 0 Å². The highest BCUT2D eigenvalue weighted by Crippen LogP contribution is 2.08. The molecule has 5 heteroatoms. The van der Waals surface area contributed by atoms with Crippen LogP contribution in [0.15, 0.2) is 24.3 Å². The average molecular weight is 316 g/mol. The number of benzene rings is 1. The number of carbonyl (C=O) groups excluding carboxylic acids is 1. The second-order valence-corrected chi connectivity index (χ2v) is 6.45. The van der Waals surface area contributed by atoms with Gasteiger partial charge in [0.15, 0.2) is 0 Å². The number of nitrogens with zero attached hydrogens (tertiary/aromatic N) is 3. The molecule has 0 aromatic heterocycles. The summed E-state index contributed by atoms with van der Waals surface area (Å²) in [4.78, 5) is 16.3. The lowest BCUT2D eigenvalue weighted by Gasteiger charge is -2.25. The van der Waals surface area contributed by atoms with Gasteiger partial charge in [-0.05, 0) is 44.1 Å². The molecule has 0 unspecified atom stereocenters. The molecule has 0 saturated carbocycles. The van der Waals surface area contributed by atoms with Gasteiger partial charge in [-0.15, -0.1) is 0 Å². The highest BCUT2D eigenvalue weighted by Gasteiger charge is 2.14. The number of nitriles is 1. The van der Waals surface area contributed by atoms with Crippen molar-refractivity contribution in [1.29, 1.82) is 5.26 Å². The Morgan fingerprint density at radius 3 is 2.39 bits per heavy atom. The molecule has 0 aliphatic carbocycles. The molecule has 5 nitrogen and oxygen atoms in total. The number of rotatable bonds is 8. The van der Waals surface area contributed by atoms with E-state index in [0.717, 1.165) is 18.5 Å². The molecular weight excluding hydrogens is 288 g/mol. The summed E-state index contributed by atoms with van der Waals surface area (Å²) in [5, 5.41) is 11.9. The van der Waals surface area contributed by atoms with Crippen molar-refractivity contribution in [3.05, 3.63) is 35.4 Å². The van der Waals surface area contributed by atoms with Crippen LogP contribution in [0.5, 0.6) is 0 Å². The van der Waals surface area contributed by atoms with Crippen molar-refractivity contribution in [2.45, 2.75) is 26.8 Å². The van der Waals surface area contributed by atoms with Gasteiger partial charge in [-0.25, -0.2) is 4.79 Å². The normalized spacial score (nSPS) is 10.7. The third-order valence-electron chi connectivity index (χ3n) is 3.56. The Balaban J connectivity index is 2.66. The minimum absolute atomic E-state index is 0.0307. The van der Waals surface area contributed by atoms with E-state index in [2.05, 4.69) is 30.1 Å². The maximum atomic E-state index is 12.4. The van der Waals surface area contributed by atoms with Crippen LogP contribution < -0.4 is 5.32 Å². The zero-order chi connectivity index (χ0) is 17.2. The van der Waals surface area contributed by atoms with E-state index >= 15 is 0 Å². The first-order chi connectivity index (χ1) is 10.9. The van der Waals surface area contributed by atoms with E-state index in [1.807, 2.05) is 31.1 Å². The summed E-state index contributed by atoms with van der Waals surface area (Å²) in [5.74, 6) is 0.573. The molecule has 0 bridgehead atoms. The van der Waals surface area contributed by atoms with Crippen molar-refractivity contribution in [1.82, 2.24) is 15.1 Å². The molecule has 1 N–H and O–H groups in total. The third-order valence-corrected chi connectivity index (χ3v) is 3.56. The van der Waals surface area contributed by atoms with Crippen LogP contribution in [-0.2, 0) is 6.54 Å². The number of hydrogen-bond acceptors (Lipinski definition) is 3. The van der Waals surface area contributed by atoms with Gasteiger partial charge < -0.3 is 15.1 Å². The fourth-order valence-electron chi connectivity index (χ4n) is 2.06. The van der Waals surface area contributed by atoms with Crippen LogP contribution in [0.3, 0.4) is 0 Å². The minimum Gasteiger partial charge on any atom is -0.338 e. The minimum atomic E-state index is -0.0307. The quantitative estimate of drug-likeness (QED) is 0.802. The largest absolute Gasteiger partial charge is 0.338 e. The van der Waals surface area contributed by atoms with Crippen LogP contribution in [0.1, 0.15) is 31.4 Å². The first kappa shape index (κ1) is 19.0. The maximum absolute atomic E-state index is 12.4. The standard InChI is InChI=1S/C18H28N4O/c1-15(2)9-10-20-18(23)22(12-11-21(3)4)14-17-7-5-16(13-19)6-8-17/h5-8,15H,9-12,14H2,1-4H3,(H,20,23). The molecule has 1 rings (SSSR count). The molecule has 0 spiro atoms.